The molecule has 1 aromatic heterocycles. The third-order valence-electron chi connectivity index (χ3n) is 2.85. The van der Waals surface area contributed by atoms with Gasteiger partial charge in [-0.25, -0.2) is 9.97 Å². The minimum absolute atomic E-state index is 0.164. The van der Waals surface area contributed by atoms with Crippen molar-refractivity contribution in [3.63, 3.8) is 0 Å². The first-order chi connectivity index (χ1) is 9.65. The minimum Gasteiger partial charge on any atom is -0.481 e. The van der Waals surface area contributed by atoms with Crippen LogP contribution in [0.25, 0.3) is 0 Å². The molecule has 2 rings (SSSR count). The first-order valence-corrected chi connectivity index (χ1v) is 6.95. The molecule has 1 unspecified atom stereocenters. The summed E-state index contributed by atoms with van der Waals surface area (Å²) in [4.78, 5) is 8.31. The van der Waals surface area contributed by atoms with Gasteiger partial charge in [0.25, 0.3) is 0 Å². The Balaban J connectivity index is 2.46. The van der Waals surface area contributed by atoms with Gasteiger partial charge in [-0.2, -0.15) is 0 Å². The molecule has 0 bridgehead atoms. The summed E-state index contributed by atoms with van der Waals surface area (Å²) in [5.41, 5.74) is 1.66. The molecule has 0 saturated heterocycles. The number of rotatable bonds is 5. The number of hydrogen-bond acceptors (Lipinski definition) is 4. The van der Waals surface area contributed by atoms with Gasteiger partial charge in [-0.15, -0.1) is 0 Å². The molecule has 6 heteroatoms. The summed E-state index contributed by atoms with van der Waals surface area (Å²) in [7, 11) is 1.57. The average Bonchev–Trinajstić information content (AvgIpc) is 2.47. The van der Waals surface area contributed by atoms with E-state index >= 15 is 0 Å². The maximum atomic E-state index is 6.28. The summed E-state index contributed by atoms with van der Waals surface area (Å²) in [6.07, 6.45) is 1.47. The predicted molar refractivity (Wildman–Crippen MR) is 80.6 cm³/mol. The van der Waals surface area contributed by atoms with Crippen LogP contribution in [0.15, 0.2) is 30.6 Å². The van der Waals surface area contributed by atoms with Crippen molar-refractivity contribution in [2.75, 3.05) is 13.7 Å². The molecular weight excluding hydrogens is 297 g/mol. The number of nitrogens with zero attached hydrogens (tertiary/aromatic N) is 2. The fourth-order valence-electron chi connectivity index (χ4n) is 1.94. The highest BCUT2D eigenvalue weighted by Gasteiger charge is 2.18. The van der Waals surface area contributed by atoms with E-state index in [4.69, 9.17) is 27.9 Å². The highest BCUT2D eigenvalue weighted by Crippen LogP contribution is 2.30. The number of ether oxygens (including phenoxy) is 1. The van der Waals surface area contributed by atoms with E-state index in [1.807, 2.05) is 13.0 Å². The molecule has 1 heterocycles. The Morgan fingerprint density at radius 3 is 2.75 bits per heavy atom. The number of halogens is 2. The second-order valence-corrected chi connectivity index (χ2v) is 4.99. The summed E-state index contributed by atoms with van der Waals surface area (Å²) in [6, 6.07) is 7.00. The first-order valence-electron chi connectivity index (χ1n) is 6.20. The predicted octanol–water partition coefficient (Wildman–Crippen LogP) is 3.49. The molecule has 0 spiro atoms. The Morgan fingerprint density at radius 1 is 1.25 bits per heavy atom. The summed E-state index contributed by atoms with van der Waals surface area (Å²) in [6.45, 7) is 2.78. The third kappa shape index (κ3) is 3.39. The van der Waals surface area contributed by atoms with Crippen molar-refractivity contribution in [3.05, 3.63) is 51.9 Å². The Kier molecular flexibility index (Phi) is 5.17. The summed E-state index contributed by atoms with van der Waals surface area (Å²) < 4.78 is 5.14. The van der Waals surface area contributed by atoms with Crippen LogP contribution in [0.2, 0.25) is 10.0 Å². The van der Waals surface area contributed by atoms with Crippen LogP contribution in [0.5, 0.6) is 5.88 Å². The van der Waals surface area contributed by atoms with Crippen molar-refractivity contribution in [2.24, 2.45) is 0 Å². The molecule has 0 aliphatic heterocycles. The zero-order valence-corrected chi connectivity index (χ0v) is 12.7. The second-order valence-electron chi connectivity index (χ2n) is 4.14. The molecular formula is C14H15Cl2N3O. The highest BCUT2D eigenvalue weighted by molar-refractivity contribution is 6.33. The Morgan fingerprint density at radius 2 is 2.05 bits per heavy atom. The normalized spacial score (nSPS) is 12.2. The number of methoxy groups -OCH3 is 1. The largest absolute Gasteiger partial charge is 0.481 e. The Labute approximate surface area is 128 Å². The maximum Gasteiger partial charge on any atom is 0.216 e. The van der Waals surface area contributed by atoms with Crippen LogP contribution in [-0.2, 0) is 0 Å². The van der Waals surface area contributed by atoms with E-state index in [1.54, 1.807) is 25.3 Å². The average molecular weight is 312 g/mol. The molecule has 2 aromatic rings. The molecule has 0 fully saturated rings. The molecule has 0 aliphatic rings. The number of nitrogens with one attached hydrogen (secondary N) is 1. The number of hydrogen-bond donors (Lipinski definition) is 1. The fraction of sp³-hybridized carbons (Fsp3) is 0.286. The fourth-order valence-corrected chi connectivity index (χ4v) is 2.34. The molecule has 0 aliphatic carbocycles. The maximum absolute atomic E-state index is 6.28. The van der Waals surface area contributed by atoms with Crippen LogP contribution in [0.1, 0.15) is 24.2 Å². The topological polar surface area (TPSA) is 47.0 Å². The quantitative estimate of drug-likeness (QED) is 0.918. The summed E-state index contributed by atoms with van der Waals surface area (Å²) >= 11 is 12.3. The van der Waals surface area contributed by atoms with Crippen molar-refractivity contribution in [1.29, 1.82) is 0 Å². The van der Waals surface area contributed by atoms with Crippen LogP contribution in [0.4, 0.5) is 0 Å². The molecule has 0 radical (unpaired) electrons. The van der Waals surface area contributed by atoms with Gasteiger partial charge in [-0.1, -0.05) is 30.1 Å². The van der Waals surface area contributed by atoms with Gasteiger partial charge in [-0.3, -0.25) is 0 Å². The van der Waals surface area contributed by atoms with Crippen LogP contribution in [0.3, 0.4) is 0 Å². The van der Waals surface area contributed by atoms with Crippen LogP contribution in [0, 0.1) is 0 Å². The van der Waals surface area contributed by atoms with Gasteiger partial charge in [0.2, 0.25) is 5.88 Å². The van der Waals surface area contributed by atoms with Gasteiger partial charge < -0.3 is 10.1 Å². The van der Waals surface area contributed by atoms with Gasteiger partial charge in [0.1, 0.15) is 6.33 Å². The number of aromatic nitrogens is 2. The van der Waals surface area contributed by atoms with E-state index < -0.39 is 0 Å². The molecule has 1 aromatic carbocycles. The number of benzene rings is 1. The van der Waals surface area contributed by atoms with Gasteiger partial charge in [0.05, 0.1) is 18.8 Å². The van der Waals surface area contributed by atoms with E-state index in [9.17, 15) is 0 Å². The zero-order chi connectivity index (χ0) is 14.5. The smallest absolute Gasteiger partial charge is 0.216 e. The molecule has 1 atom stereocenters. The SMILES string of the molecule is CCNC(c1cc(OC)ncn1)c1cc(Cl)ccc1Cl. The monoisotopic (exact) mass is 311 g/mol. The Bertz CT molecular complexity index is 592. The van der Waals surface area contributed by atoms with Crippen LogP contribution in [-0.4, -0.2) is 23.6 Å². The lowest BCUT2D eigenvalue weighted by Crippen LogP contribution is -2.23. The summed E-state index contributed by atoms with van der Waals surface area (Å²) in [5, 5.41) is 4.62. The molecule has 106 valence electrons. The zero-order valence-electron chi connectivity index (χ0n) is 11.2. The van der Waals surface area contributed by atoms with Crippen molar-refractivity contribution >= 4 is 23.2 Å². The molecule has 0 saturated carbocycles. The van der Waals surface area contributed by atoms with Gasteiger partial charge in [0.15, 0.2) is 0 Å². The minimum atomic E-state index is -0.164. The first kappa shape index (κ1) is 15.0. The van der Waals surface area contributed by atoms with Gasteiger partial charge in [-0.05, 0) is 30.3 Å². The highest BCUT2D eigenvalue weighted by atomic mass is 35.5. The van der Waals surface area contributed by atoms with Crippen LogP contribution < -0.4 is 10.1 Å². The van der Waals surface area contributed by atoms with E-state index in [-0.39, 0.29) is 6.04 Å². The molecule has 20 heavy (non-hydrogen) atoms. The van der Waals surface area contributed by atoms with Crippen molar-refractivity contribution in [1.82, 2.24) is 15.3 Å². The van der Waals surface area contributed by atoms with Gasteiger partial charge >= 0.3 is 0 Å². The van der Waals surface area contributed by atoms with Crippen molar-refractivity contribution in [2.45, 2.75) is 13.0 Å². The lowest BCUT2D eigenvalue weighted by molar-refractivity contribution is 0.395. The third-order valence-corrected chi connectivity index (χ3v) is 3.42. The second kappa shape index (κ2) is 6.88. The van der Waals surface area contributed by atoms with Crippen molar-refractivity contribution < 1.29 is 4.74 Å². The molecule has 1 N–H and O–H groups in total. The van der Waals surface area contributed by atoms with E-state index in [0.29, 0.717) is 15.9 Å². The van der Waals surface area contributed by atoms with Gasteiger partial charge in [0, 0.05) is 16.1 Å². The molecule has 0 amide bonds. The summed E-state index contributed by atoms with van der Waals surface area (Å²) in [5.74, 6) is 0.510. The van der Waals surface area contributed by atoms with Crippen molar-refractivity contribution in [3.8, 4) is 5.88 Å². The standard InChI is InChI=1S/C14H15Cl2N3O/c1-3-17-14(10-6-9(15)4-5-11(10)16)12-7-13(20-2)19-8-18-12/h4-8,14,17H,3H2,1-2H3. The lowest BCUT2D eigenvalue weighted by atomic mass is 10.0. The molecule has 4 nitrogen and oxygen atoms in total. The van der Waals surface area contributed by atoms with E-state index in [0.717, 1.165) is 17.8 Å². The Hall–Kier alpha value is -1.36. The lowest BCUT2D eigenvalue weighted by Gasteiger charge is -2.19. The van der Waals surface area contributed by atoms with E-state index in [1.165, 1.54) is 6.33 Å². The van der Waals surface area contributed by atoms with E-state index in [2.05, 4.69) is 15.3 Å². The van der Waals surface area contributed by atoms with Crippen LogP contribution >= 0.6 is 23.2 Å².